The van der Waals surface area contributed by atoms with Gasteiger partial charge in [-0.05, 0) is 42.0 Å². The number of anilines is 1. The first kappa shape index (κ1) is 18.5. The first-order valence-corrected chi connectivity index (χ1v) is 9.64. The number of rotatable bonds is 4. The van der Waals surface area contributed by atoms with Crippen LogP contribution < -0.4 is 4.90 Å². The average molecular weight is 397 g/mol. The molecule has 0 radical (unpaired) electrons. The molecule has 1 aromatic heterocycles. The largest absolute Gasteiger partial charge is 0.368 e. The van der Waals surface area contributed by atoms with Gasteiger partial charge in [-0.2, -0.15) is 4.98 Å². The number of nitrogens with zero attached hydrogens (tertiary/aromatic N) is 4. The molecule has 0 bridgehead atoms. The second kappa shape index (κ2) is 8.02. The van der Waals surface area contributed by atoms with Crippen molar-refractivity contribution in [3.8, 4) is 11.4 Å². The van der Waals surface area contributed by atoms with E-state index in [1.54, 1.807) is 6.92 Å². The van der Waals surface area contributed by atoms with Crippen LogP contribution in [0.2, 0.25) is 5.02 Å². The Morgan fingerprint density at radius 1 is 1.04 bits per heavy atom. The number of carbonyl (C=O) groups excluding carboxylic acids is 1. The summed E-state index contributed by atoms with van der Waals surface area (Å²) in [6, 6.07) is 15.6. The maximum absolute atomic E-state index is 12.6. The Kier molecular flexibility index (Phi) is 5.30. The van der Waals surface area contributed by atoms with Gasteiger partial charge >= 0.3 is 0 Å². The zero-order chi connectivity index (χ0) is 19.5. The van der Waals surface area contributed by atoms with E-state index >= 15 is 0 Å². The van der Waals surface area contributed by atoms with Crippen LogP contribution in [0.25, 0.3) is 11.4 Å². The van der Waals surface area contributed by atoms with Gasteiger partial charge in [-0.25, -0.2) is 0 Å². The van der Waals surface area contributed by atoms with Crippen LogP contribution >= 0.6 is 11.6 Å². The van der Waals surface area contributed by atoms with Gasteiger partial charge in [0.1, 0.15) is 0 Å². The van der Waals surface area contributed by atoms with Crippen LogP contribution in [0, 0.1) is 6.92 Å². The molecular formula is C21H21ClN4O2. The van der Waals surface area contributed by atoms with Crippen molar-refractivity contribution in [2.75, 3.05) is 31.1 Å². The molecule has 4 rings (SSSR count). The lowest BCUT2D eigenvalue weighted by molar-refractivity contribution is -0.130. The number of aromatic nitrogens is 2. The number of piperazine rings is 1. The number of aryl methyl sites for hydroxylation is 1. The summed E-state index contributed by atoms with van der Waals surface area (Å²) in [5.74, 6) is 1.31. The zero-order valence-corrected chi connectivity index (χ0v) is 16.4. The second-order valence-electron chi connectivity index (χ2n) is 6.85. The van der Waals surface area contributed by atoms with Crippen LogP contribution in [0.1, 0.15) is 11.5 Å². The summed E-state index contributed by atoms with van der Waals surface area (Å²) < 4.78 is 5.03. The van der Waals surface area contributed by atoms with Crippen molar-refractivity contribution in [2.24, 2.45) is 0 Å². The molecule has 1 aliphatic heterocycles. The van der Waals surface area contributed by atoms with E-state index in [2.05, 4.69) is 27.2 Å². The molecule has 0 saturated carbocycles. The van der Waals surface area contributed by atoms with Gasteiger partial charge in [0.15, 0.2) is 0 Å². The smallest absolute Gasteiger partial charge is 0.227 e. The third-order valence-corrected chi connectivity index (χ3v) is 5.17. The van der Waals surface area contributed by atoms with Crippen molar-refractivity contribution in [3.05, 3.63) is 65.0 Å². The quantitative estimate of drug-likeness (QED) is 0.674. The fourth-order valence-electron chi connectivity index (χ4n) is 3.34. The standard InChI is InChI=1S/C21H21ClN4O2/c1-15-23-21(24-28-15)17-4-8-19(9-5-17)25-10-12-26(13-11-25)20(27)14-16-2-6-18(22)7-3-16/h2-9H,10-14H2,1H3. The van der Waals surface area contributed by atoms with E-state index in [-0.39, 0.29) is 5.91 Å². The number of carbonyl (C=O) groups is 1. The van der Waals surface area contributed by atoms with Gasteiger partial charge < -0.3 is 14.3 Å². The first-order valence-electron chi connectivity index (χ1n) is 9.26. The third-order valence-electron chi connectivity index (χ3n) is 4.92. The van der Waals surface area contributed by atoms with Crippen molar-refractivity contribution < 1.29 is 9.32 Å². The SMILES string of the molecule is Cc1nc(-c2ccc(N3CCN(C(=O)Cc4ccc(Cl)cc4)CC3)cc2)no1. The van der Waals surface area contributed by atoms with E-state index in [1.165, 1.54) is 0 Å². The molecule has 2 aromatic carbocycles. The van der Waals surface area contributed by atoms with Crippen LogP contribution in [-0.2, 0) is 11.2 Å². The van der Waals surface area contributed by atoms with E-state index in [9.17, 15) is 4.79 Å². The van der Waals surface area contributed by atoms with Crippen molar-refractivity contribution >= 4 is 23.2 Å². The van der Waals surface area contributed by atoms with E-state index < -0.39 is 0 Å². The molecule has 28 heavy (non-hydrogen) atoms. The molecule has 144 valence electrons. The highest BCUT2D eigenvalue weighted by molar-refractivity contribution is 6.30. The lowest BCUT2D eigenvalue weighted by Crippen LogP contribution is -2.49. The van der Waals surface area contributed by atoms with Crippen molar-refractivity contribution in [3.63, 3.8) is 0 Å². The Balaban J connectivity index is 1.33. The minimum absolute atomic E-state index is 0.157. The highest BCUT2D eigenvalue weighted by Gasteiger charge is 2.21. The minimum Gasteiger partial charge on any atom is -0.368 e. The predicted octanol–water partition coefficient (Wildman–Crippen LogP) is 3.59. The van der Waals surface area contributed by atoms with Gasteiger partial charge in [-0.15, -0.1) is 0 Å². The summed E-state index contributed by atoms with van der Waals surface area (Å²) in [5.41, 5.74) is 3.05. The van der Waals surface area contributed by atoms with Crippen LogP contribution in [0.4, 0.5) is 5.69 Å². The van der Waals surface area contributed by atoms with E-state index in [1.807, 2.05) is 41.3 Å². The maximum atomic E-state index is 12.6. The van der Waals surface area contributed by atoms with Crippen molar-refractivity contribution in [2.45, 2.75) is 13.3 Å². The Morgan fingerprint density at radius 3 is 2.32 bits per heavy atom. The summed E-state index contributed by atoms with van der Waals surface area (Å²) in [5, 5.41) is 4.63. The van der Waals surface area contributed by atoms with Gasteiger partial charge in [-0.3, -0.25) is 4.79 Å². The number of hydrogen-bond donors (Lipinski definition) is 0. The molecule has 7 heteroatoms. The number of amides is 1. The average Bonchev–Trinajstić information content (AvgIpc) is 3.16. The monoisotopic (exact) mass is 396 g/mol. The lowest BCUT2D eigenvalue weighted by atomic mass is 10.1. The fraction of sp³-hybridized carbons (Fsp3) is 0.286. The third kappa shape index (κ3) is 4.17. The molecule has 0 atom stereocenters. The first-order chi connectivity index (χ1) is 13.6. The molecule has 3 aromatic rings. The van der Waals surface area contributed by atoms with Crippen LogP contribution in [0.5, 0.6) is 0 Å². The molecule has 1 fully saturated rings. The number of benzene rings is 2. The highest BCUT2D eigenvalue weighted by atomic mass is 35.5. The van der Waals surface area contributed by atoms with Crippen molar-refractivity contribution in [1.82, 2.24) is 15.0 Å². The summed E-state index contributed by atoms with van der Waals surface area (Å²) in [6.07, 6.45) is 0.413. The summed E-state index contributed by atoms with van der Waals surface area (Å²) >= 11 is 5.90. The summed E-state index contributed by atoms with van der Waals surface area (Å²) in [4.78, 5) is 21.0. The van der Waals surface area contributed by atoms with Crippen LogP contribution in [-0.4, -0.2) is 47.1 Å². The second-order valence-corrected chi connectivity index (χ2v) is 7.29. The van der Waals surface area contributed by atoms with Gasteiger partial charge in [0.25, 0.3) is 0 Å². The highest BCUT2D eigenvalue weighted by Crippen LogP contribution is 2.22. The predicted molar refractivity (Wildman–Crippen MR) is 108 cm³/mol. The Labute approximate surface area is 168 Å². The number of halogens is 1. The molecule has 6 nitrogen and oxygen atoms in total. The molecule has 0 spiro atoms. The summed E-state index contributed by atoms with van der Waals surface area (Å²) in [7, 11) is 0. The van der Waals surface area contributed by atoms with E-state index in [0.717, 1.165) is 43.0 Å². The minimum atomic E-state index is 0.157. The molecule has 2 heterocycles. The topological polar surface area (TPSA) is 62.5 Å². The summed E-state index contributed by atoms with van der Waals surface area (Å²) in [6.45, 7) is 4.84. The zero-order valence-electron chi connectivity index (χ0n) is 15.6. The normalized spacial score (nSPS) is 14.4. The van der Waals surface area contributed by atoms with Gasteiger partial charge in [-0.1, -0.05) is 28.9 Å². The fourth-order valence-corrected chi connectivity index (χ4v) is 3.47. The Bertz CT molecular complexity index is 945. The van der Waals surface area contributed by atoms with Crippen LogP contribution in [0.15, 0.2) is 53.1 Å². The van der Waals surface area contributed by atoms with Gasteiger partial charge in [0.2, 0.25) is 17.6 Å². The Hall–Kier alpha value is -2.86. The van der Waals surface area contributed by atoms with Gasteiger partial charge in [0.05, 0.1) is 6.42 Å². The van der Waals surface area contributed by atoms with Crippen LogP contribution in [0.3, 0.4) is 0 Å². The molecule has 1 saturated heterocycles. The Morgan fingerprint density at radius 2 is 1.71 bits per heavy atom. The molecule has 0 aliphatic carbocycles. The number of hydrogen-bond acceptors (Lipinski definition) is 5. The molecule has 1 amide bonds. The van der Waals surface area contributed by atoms with E-state index in [4.69, 9.17) is 16.1 Å². The van der Waals surface area contributed by atoms with Crippen molar-refractivity contribution in [1.29, 1.82) is 0 Å². The van der Waals surface area contributed by atoms with Gasteiger partial charge in [0, 0.05) is 49.4 Å². The molecule has 0 unspecified atom stereocenters. The maximum Gasteiger partial charge on any atom is 0.227 e. The molecule has 1 aliphatic rings. The van der Waals surface area contributed by atoms with E-state index in [0.29, 0.717) is 23.2 Å². The molecular weight excluding hydrogens is 376 g/mol. The lowest BCUT2D eigenvalue weighted by Gasteiger charge is -2.36. The molecule has 0 N–H and O–H groups in total.